The number of aromatic amines is 1. The fraction of sp³-hybridized carbons (Fsp3) is 0.579. The van der Waals surface area contributed by atoms with Crippen molar-refractivity contribution in [1.29, 1.82) is 0 Å². The molecule has 1 fully saturated rings. The maximum Gasteiger partial charge on any atom is 0.237 e. The van der Waals surface area contributed by atoms with E-state index in [-0.39, 0.29) is 17.5 Å². The average Bonchev–Trinajstić information content (AvgIpc) is 2.91. The predicted molar refractivity (Wildman–Crippen MR) is 95.2 cm³/mol. The van der Waals surface area contributed by atoms with Gasteiger partial charge in [0.1, 0.15) is 0 Å². The van der Waals surface area contributed by atoms with Gasteiger partial charge in [-0.1, -0.05) is 23.3 Å². The fourth-order valence-corrected chi connectivity index (χ4v) is 2.96. The lowest BCUT2D eigenvalue weighted by Crippen LogP contribution is -2.99. The van der Waals surface area contributed by atoms with Crippen LogP contribution in [-0.2, 0) is 11.2 Å². The van der Waals surface area contributed by atoms with Crippen LogP contribution in [0.1, 0.15) is 58.9 Å². The van der Waals surface area contributed by atoms with Crippen LogP contribution in [0.2, 0.25) is 0 Å². The van der Waals surface area contributed by atoms with Crippen LogP contribution in [0.3, 0.4) is 0 Å². The second-order valence-electron chi connectivity index (χ2n) is 7.26. The maximum atomic E-state index is 10.9. The van der Waals surface area contributed by atoms with Gasteiger partial charge in [0.15, 0.2) is 0 Å². The van der Waals surface area contributed by atoms with Crippen LogP contribution in [0.5, 0.6) is 0 Å². The molecule has 0 bridgehead atoms. The zero-order valence-corrected chi connectivity index (χ0v) is 15.2. The lowest BCUT2D eigenvalue weighted by Gasteiger charge is -2.07. The summed E-state index contributed by atoms with van der Waals surface area (Å²) in [5.74, 6) is 0.238. The number of aromatic nitrogens is 1. The first-order valence-corrected chi connectivity index (χ1v) is 8.67. The largest absolute Gasteiger partial charge is 0.594 e. The van der Waals surface area contributed by atoms with Crippen molar-refractivity contribution in [3.8, 4) is 0 Å². The lowest BCUT2D eigenvalue weighted by molar-refractivity contribution is -0.993. The minimum atomic E-state index is -0.922. The van der Waals surface area contributed by atoms with E-state index in [2.05, 4.69) is 44.8 Å². The van der Waals surface area contributed by atoms with E-state index >= 15 is 0 Å². The average molecular weight is 334 g/mol. The van der Waals surface area contributed by atoms with Gasteiger partial charge in [-0.25, -0.2) is 5.21 Å². The fourth-order valence-electron chi connectivity index (χ4n) is 2.96. The number of rotatable bonds is 9. The number of allylic oxidation sites excluding steroid dienone is 4. The van der Waals surface area contributed by atoms with Crippen LogP contribution in [0.25, 0.3) is 0 Å². The molecule has 0 radical (unpaired) electrons. The molecule has 0 spiro atoms. The molecule has 1 aromatic rings. The summed E-state index contributed by atoms with van der Waals surface area (Å²) in [7, 11) is 0. The first kappa shape index (κ1) is 18.9. The summed E-state index contributed by atoms with van der Waals surface area (Å²) < 4.78 is 5.87. The molecule has 1 saturated heterocycles. The molecular weight excluding hydrogens is 304 g/mol. The minimum Gasteiger partial charge on any atom is -0.594 e. The van der Waals surface area contributed by atoms with E-state index in [9.17, 15) is 5.21 Å². The second kappa shape index (κ2) is 8.12. The van der Waals surface area contributed by atoms with Crippen LogP contribution >= 0.6 is 0 Å². The highest BCUT2D eigenvalue weighted by atomic mass is 16.8. The number of quaternary nitrogens is 1. The van der Waals surface area contributed by atoms with Crippen molar-refractivity contribution in [3.05, 3.63) is 46.3 Å². The van der Waals surface area contributed by atoms with E-state index in [1.807, 2.05) is 0 Å². The van der Waals surface area contributed by atoms with Crippen LogP contribution in [0, 0.1) is 5.21 Å². The Balaban J connectivity index is 1.73. The normalized spacial score (nSPS) is 24.8. The Labute approximate surface area is 144 Å². The molecule has 134 valence electrons. The van der Waals surface area contributed by atoms with Gasteiger partial charge >= 0.3 is 0 Å². The highest BCUT2D eigenvalue weighted by Gasteiger charge is 2.51. The first-order valence-electron chi connectivity index (χ1n) is 8.67. The van der Waals surface area contributed by atoms with Crippen molar-refractivity contribution in [1.82, 2.24) is 4.98 Å². The molecular formula is C19H30N2O3. The van der Waals surface area contributed by atoms with E-state index in [0.29, 0.717) is 0 Å². The third kappa shape index (κ3) is 5.60. The molecule has 1 aromatic heterocycles. The second-order valence-corrected chi connectivity index (χ2v) is 7.26. The van der Waals surface area contributed by atoms with E-state index in [1.165, 1.54) is 11.1 Å². The standard InChI is InChI=1S/C19H30N2O3/c1-14(2)7-5-8-15(3)9-6-10-19(4)17(24-19)11-16-12-18(20-13-16)21(22)23/h7,9,12-13,17,20-22H,5-6,8,10-11H2,1-4H3/t17-,19-/m1/s1. The summed E-state index contributed by atoms with van der Waals surface area (Å²) in [6.45, 7) is 8.61. The third-order valence-electron chi connectivity index (χ3n) is 4.65. The minimum absolute atomic E-state index is 0.0721. The van der Waals surface area contributed by atoms with Gasteiger partial charge in [-0.05, 0) is 58.9 Å². The van der Waals surface area contributed by atoms with Crippen LogP contribution < -0.4 is 5.23 Å². The van der Waals surface area contributed by atoms with Gasteiger partial charge in [0, 0.05) is 18.7 Å². The zero-order chi connectivity index (χ0) is 17.7. The zero-order valence-electron chi connectivity index (χ0n) is 15.2. The van der Waals surface area contributed by atoms with Crippen molar-refractivity contribution >= 4 is 5.82 Å². The van der Waals surface area contributed by atoms with E-state index in [1.54, 1.807) is 12.3 Å². The number of nitrogens with one attached hydrogen (secondary N) is 2. The quantitative estimate of drug-likeness (QED) is 0.367. The molecule has 3 atom stereocenters. The maximum absolute atomic E-state index is 10.9. The first-order chi connectivity index (χ1) is 11.3. The third-order valence-corrected chi connectivity index (χ3v) is 4.65. The summed E-state index contributed by atoms with van der Waals surface area (Å²) in [5.41, 5.74) is 3.73. The number of hydrogen-bond acceptors (Lipinski definition) is 3. The van der Waals surface area contributed by atoms with Crippen molar-refractivity contribution in [3.63, 3.8) is 0 Å². The lowest BCUT2D eigenvalue weighted by atomic mass is 9.96. The molecule has 0 amide bonds. The van der Waals surface area contributed by atoms with Gasteiger partial charge in [-0.3, -0.25) is 0 Å². The van der Waals surface area contributed by atoms with E-state index in [4.69, 9.17) is 9.94 Å². The predicted octanol–water partition coefficient (Wildman–Crippen LogP) is 3.59. The van der Waals surface area contributed by atoms with Crippen LogP contribution in [0.15, 0.2) is 35.6 Å². The highest BCUT2D eigenvalue weighted by molar-refractivity contribution is 5.28. The van der Waals surface area contributed by atoms with Crippen LogP contribution in [-0.4, -0.2) is 21.9 Å². The Morgan fingerprint density at radius 1 is 1.38 bits per heavy atom. The summed E-state index contributed by atoms with van der Waals surface area (Å²) in [5, 5.41) is 18.9. The molecule has 1 aliphatic rings. The smallest absolute Gasteiger partial charge is 0.237 e. The van der Waals surface area contributed by atoms with E-state index < -0.39 is 5.23 Å². The van der Waals surface area contributed by atoms with Gasteiger partial charge in [0.25, 0.3) is 0 Å². The topological polar surface area (TPSA) is 76.0 Å². The Bertz CT molecular complexity index is 600. The molecule has 5 nitrogen and oxygen atoms in total. The Morgan fingerprint density at radius 3 is 2.75 bits per heavy atom. The molecule has 3 N–H and O–H groups in total. The van der Waals surface area contributed by atoms with Gasteiger partial charge in [0.2, 0.25) is 5.82 Å². The summed E-state index contributed by atoms with van der Waals surface area (Å²) in [6.07, 6.45) is 11.6. The summed E-state index contributed by atoms with van der Waals surface area (Å²) >= 11 is 0. The monoisotopic (exact) mass is 334 g/mol. The Morgan fingerprint density at radius 2 is 2.12 bits per heavy atom. The van der Waals surface area contributed by atoms with Crippen molar-refractivity contribution in [2.75, 3.05) is 0 Å². The molecule has 24 heavy (non-hydrogen) atoms. The molecule has 0 aromatic carbocycles. The van der Waals surface area contributed by atoms with Crippen molar-refractivity contribution in [2.24, 2.45) is 0 Å². The summed E-state index contributed by atoms with van der Waals surface area (Å²) in [6, 6.07) is 1.69. The number of H-pyrrole nitrogens is 1. The van der Waals surface area contributed by atoms with Gasteiger partial charge < -0.3 is 14.9 Å². The van der Waals surface area contributed by atoms with Crippen molar-refractivity contribution in [2.45, 2.75) is 71.5 Å². The van der Waals surface area contributed by atoms with Gasteiger partial charge in [0.05, 0.1) is 11.7 Å². The molecule has 0 saturated carbocycles. The van der Waals surface area contributed by atoms with Gasteiger partial charge in [-0.15, -0.1) is 0 Å². The Hall–Kier alpha value is -1.40. The molecule has 0 aliphatic carbocycles. The SMILES string of the molecule is CC(C)=CCCC(C)=CCC[C@@]1(C)O[C@@H]1Cc1c[nH]c([NH+]([O-])O)c1. The van der Waals surface area contributed by atoms with Crippen molar-refractivity contribution < 1.29 is 15.2 Å². The molecule has 1 aliphatic heterocycles. The number of ether oxygens (including phenoxy) is 1. The van der Waals surface area contributed by atoms with E-state index in [0.717, 1.165) is 37.7 Å². The Kier molecular flexibility index (Phi) is 6.40. The molecule has 2 heterocycles. The number of epoxide rings is 1. The van der Waals surface area contributed by atoms with Crippen LogP contribution in [0.4, 0.5) is 5.82 Å². The van der Waals surface area contributed by atoms with Gasteiger partial charge in [-0.2, -0.15) is 5.23 Å². The highest BCUT2D eigenvalue weighted by Crippen LogP contribution is 2.42. The molecule has 5 heteroatoms. The molecule has 1 unspecified atom stereocenters. The molecule has 2 rings (SSSR count). The summed E-state index contributed by atoms with van der Waals surface area (Å²) in [4.78, 5) is 2.78. The number of hydrogen-bond donors (Lipinski definition) is 3.